The number of alkyl carbamates (subject to hydrolysis) is 1. The third-order valence-corrected chi connectivity index (χ3v) is 4.38. The number of ether oxygens (including phenoxy) is 1. The first-order valence-corrected chi connectivity index (χ1v) is 10.3. The molecule has 0 spiro atoms. The molecule has 9 heteroatoms. The Morgan fingerprint density at radius 3 is 2.48 bits per heavy atom. The highest BCUT2D eigenvalue weighted by molar-refractivity contribution is 7.86. The minimum absolute atomic E-state index is 0.00152. The molecule has 2 aromatic rings. The smallest absolute Gasteiger partial charge is 0.408 e. The van der Waals surface area contributed by atoms with Crippen molar-refractivity contribution >= 4 is 16.2 Å². The highest BCUT2D eigenvalue weighted by Gasteiger charge is 2.25. The van der Waals surface area contributed by atoms with Gasteiger partial charge in [0, 0.05) is 6.07 Å². The van der Waals surface area contributed by atoms with Gasteiger partial charge in [-0.05, 0) is 18.4 Å². The van der Waals surface area contributed by atoms with E-state index in [-0.39, 0.29) is 18.3 Å². The molecule has 148 valence electrons. The van der Waals surface area contributed by atoms with Gasteiger partial charge in [0.15, 0.2) is 5.76 Å². The number of hydrogen-bond donors (Lipinski definition) is 1. The van der Waals surface area contributed by atoms with E-state index in [1.807, 2.05) is 44.2 Å². The summed E-state index contributed by atoms with van der Waals surface area (Å²) < 4.78 is 37.8. The summed E-state index contributed by atoms with van der Waals surface area (Å²) in [5.74, 6) is 0.249. The zero-order valence-corrected chi connectivity index (χ0v) is 16.5. The Morgan fingerprint density at radius 1 is 1.22 bits per heavy atom. The van der Waals surface area contributed by atoms with Gasteiger partial charge in [-0.25, -0.2) is 4.79 Å². The monoisotopic (exact) mass is 396 g/mol. The minimum atomic E-state index is -3.63. The molecule has 0 saturated carbocycles. The van der Waals surface area contributed by atoms with E-state index in [1.54, 1.807) is 6.07 Å². The molecule has 0 bridgehead atoms. The third kappa shape index (κ3) is 6.69. The van der Waals surface area contributed by atoms with E-state index in [4.69, 9.17) is 13.4 Å². The number of nitrogens with one attached hydrogen (secondary N) is 1. The van der Waals surface area contributed by atoms with E-state index in [1.165, 1.54) is 6.92 Å². The number of rotatable bonds is 8. The zero-order valence-electron chi connectivity index (χ0n) is 15.7. The van der Waals surface area contributed by atoms with Crippen molar-refractivity contribution < 1.29 is 26.7 Å². The second-order valence-corrected chi connectivity index (χ2v) is 8.13. The van der Waals surface area contributed by atoms with E-state index in [9.17, 15) is 13.2 Å². The van der Waals surface area contributed by atoms with Gasteiger partial charge in [-0.3, -0.25) is 4.18 Å². The number of amides is 1. The van der Waals surface area contributed by atoms with Crippen LogP contribution in [0.3, 0.4) is 0 Å². The van der Waals surface area contributed by atoms with Crippen molar-refractivity contribution in [2.45, 2.75) is 39.5 Å². The van der Waals surface area contributed by atoms with Crippen LogP contribution >= 0.6 is 0 Å². The summed E-state index contributed by atoms with van der Waals surface area (Å²) in [7, 11) is -3.63. The average molecular weight is 396 g/mol. The maximum Gasteiger partial charge on any atom is 0.408 e. The van der Waals surface area contributed by atoms with Crippen molar-refractivity contribution in [1.29, 1.82) is 0 Å². The zero-order chi connectivity index (χ0) is 20.0. The largest absolute Gasteiger partial charge is 0.445 e. The van der Waals surface area contributed by atoms with E-state index < -0.39 is 28.4 Å². The fraction of sp³-hybridized carbons (Fsp3) is 0.444. The number of benzene rings is 1. The first-order valence-electron chi connectivity index (χ1n) is 8.47. The van der Waals surface area contributed by atoms with Gasteiger partial charge in [0.25, 0.3) is 10.1 Å². The molecule has 0 aliphatic heterocycles. The van der Waals surface area contributed by atoms with Gasteiger partial charge >= 0.3 is 6.09 Å². The van der Waals surface area contributed by atoms with Crippen LogP contribution in [0.5, 0.6) is 0 Å². The molecule has 1 aromatic carbocycles. The molecule has 1 unspecified atom stereocenters. The normalized spacial score (nSPS) is 14.0. The summed E-state index contributed by atoms with van der Waals surface area (Å²) in [6, 6.07) is 10.4. The molecular formula is C18H24N2O6S. The Bertz CT molecular complexity index is 848. The van der Waals surface area contributed by atoms with Crippen molar-refractivity contribution in [1.82, 2.24) is 10.5 Å². The predicted molar refractivity (Wildman–Crippen MR) is 98.2 cm³/mol. The lowest BCUT2D eigenvalue weighted by atomic mass is 10.0. The number of nitrogens with zero attached hydrogens (tertiary/aromatic N) is 1. The maximum absolute atomic E-state index is 12.1. The molecule has 0 aliphatic carbocycles. The Morgan fingerprint density at radius 2 is 1.89 bits per heavy atom. The Labute approximate surface area is 159 Å². The summed E-state index contributed by atoms with van der Waals surface area (Å²) in [6.07, 6.45) is -0.441. The fourth-order valence-electron chi connectivity index (χ4n) is 2.43. The molecule has 1 aromatic heterocycles. The van der Waals surface area contributed by atoms with Gasteiger partial charge < -0.3 is 14.6 Å². The lowest BCUT2D eigenvalue weighted by Gasteiger charge is -2.19. The van der Waals surface area contributed by atoms with Crippen LogP contribution in [0.4, 0.5) is 4.79 Å². The second-order valence-electron chi connectivity index (χ2n) is 6.52. The second kappa shape index (κ2) is 9.01. The van der Waals surface area contributed by atoms with Crippen LogP contribution in [-0.4, -0.2) is 25.9 Å². The Hall–Kier alpha value is -2.39. The first kappa shape index (κ1) is 20.9. The van der Waals surface area contributed by atoms with E-state index in [0.29, 0.717) is 5.69 Å². The molecule has 0 saturated heterocycles. The highest BCUT2D eigenvalue weighted by atomic mass is 32.2. The molecule has 2 rings (SSSR count). The van der Waals surface area contributed by atoms with Gasteiger partial charge in [-0.1, -0.05) is 49.3 Å². The molecule has 8 nitrogen and oxygen atoms in total. The summed E-state index contributed by atoms with van der Waals surface area (Å²) in [5.41, 5.74) is 1.34. The van der Waals surface area contributed by atoms with Crippen LogP contribution < -0.4 is 5.32 Å². The van der Waals surface area contributed by atoms with Crippen molar-refractivity contribution in [3.05, 3.63) is 53.4 Å². The quantitative estimate of drug-likeness (QED) is 0.682. The molecule has 0 radical (unpaired) electrons. The molecule has 0 aliphatic rings. The summed E-state index contributed by atoms with van der Waals surface area (Å²) in [4.78, 5) is 12.1. The van der Waals surface area contributed by atoms with Gasteiger partial charge in [-0.2, -0.15) is 8.42 Å². The van der Waals surface area contributed by atoms with Crippen molar-refractivity contribution in [2.24, 2.45) is 5.92 Å². The Balaban J connectivity index is 2.01. The standard InChI is InChI=1S/C18H24N2O6S/c1-12(2)17(19-18(21)24-11-14-8-6-5-7-9-14)15-10-16(25-20-15)13(3)26-27(4,22)23/h5-10,12-13,17H,11H2,1-4H3,(H,19,21)/t13?,17-/m0/s1. The van der Waals surface area contributed by atoms with E-state index >= 15 is 0 Å². The van der Waals surface area contributed by atoms with Crippen LogP contribution in [0.15, 0.2) is 40.9 Å². The van der Waals surface area contributed by atoms with Gasteiger partial charge in [0.1, 0.15) is 18.4 Å². The molecular weight excluding hydrogens is 372 g/mol. The van der Waals surface area contributed by atoms with E-state index in [0.717, 1.165) is 11.8 Å². The number of aromatic nitrogens is 1. The van der Waals surface area contributed by atoms with Gasteiger partial charge in [0.05, 0.1) is 12.3 Å². The number of hydrogen-bond acceptors (Lipinski definition) is 7. The molecule has 27 heavy (non-hydrogen) atoms. The first-order chi connectivity index (χ1) is 12.7. The minimum Gasteiger partial charge on any atom is -0.445 e. The molecule has 1 amide bonds. The predicted octanol–water partition coefficient (Wildman–Crippen LogP) is 3.34. The Kier molecular flexibility index (Phi) is 6.98. The number of carbonyl (C=O) groups excluding carboxylic acids is 1. The average Bonchev–Trinajstić information content (AvgIpc) is 3.07. The van der Waals surface area contributed by atoms with Crippen LogP contribution in [0.2, 0.25) is 0 Å². The SMILES string of the molecule is CC(OS(C)(=O)=O)c1cc([C@@H](NC(=O)OCc2ccccc2)C(C)C)no1. The van der Waals surface area contributed by atoms with E-state index in [2.05, 4.69) is 10.5 Å². The lowest BCUT2D eigenvalue weighted by Crippen LogP contribution is -2.32. The van der Waals surface area contributed by atoms with Crippen LogP contribution in [0.1, 0.15) is 49.9 Å². The third-order valence-electron chi connectivity index (χ3n) is 3.74. The number of carbonyl (C=O) groups is 1. The van der Waals surface area contributed by atoms with Crippen LogP contribution in [-0.2, 0) is 25.6 Å². The lowest BCUT2D eigenvalue weighted by molar-refractivity contribution is 0.132. The summed E-state index contributed by atoms with van der Waals surface area (Å²) in [5, 5.41) is 6.70. The molecule has 0 fully saturated rings. The maximum atomic E-state index is 12.1. The highest BCUT2D eigenvalue weighted by Crippen LogP contribution is 2.26. The van der Waals surface area contributed by atoms with Crippen molar-refractivity contribution in [3.8, 4) is 0 Å². The summed E-state index contributed by atoms with van der Waals surface area (Å²) in [6.45, 7) is 5.51. The molecule has 2 atom stereocenters. The molecule has 1 N–H and O–H groups in total. The van der Waals surface area contributed by atoms with Gasteiger partial charge in [0.2, 0.25) is 0 Å². The molecule has 1 heterocycles. The topological polar surface area (TPSA) is 108 Å². The van der Waals surface area contributed by atoms with Crippen molar-refractivity contribution in [3.63, 3.8) is 0 Å². The summed E-state index contributed by atoms with van der Waals surface area (Å²) >= 11 is 0. The van der Waals surface area contributed by atoms with Gasteiger partial charge in [-0.15, -0.1) is 0 Å². The van der Waals surface area contributed by atoms with Crippen LogP contribution in [0.25, 0.3) is 0 Å². The van der Waals surface area contributed by atoms with Crippen LogP contribution in [0, 0.1) is 5.92 Å². The van der Waals surface area contributed by atoms with Crippen molar-refractivity contribution in [2.75, 3.05) is 6.26 Å². The fourth-order valence-corrected chi connectivity index (χ4v) is 3.04.